The Bertz CT molecular complexity index is 923. The lowest BCUT2D eigenvalue weighted by atomic mass is 10.1. The maximum absolute atomic E-state index is 12.9. The molecule has 0 saturated carbocycles. The molecule has 1 aromatic carbocycles. The zero-order valence-corrected chi connectivity index (χ0v) is 15.5. The Hall–Kier alpha value is -2.22. The van der Waals surface area contributed by atoms with Crippen LogP contribution in [-0.2, 0) is 27.6 Å². The molecule has 138 valence electrons. The fourth-order valence-corrected chi connectivity index (χ4v) is 5.33. The van der Waals surface area contributed by atoms with E-state index in [0.717, 1.165) is 24.5 Å². The van der Waals surface area contributed by atoms with Crippen LogP contribution >= 0.6 is 0 Å². The summed E-state index contributed by atoms with van der Waals surface area (Å²) >= 11 is 0. The van der Waals surface area contributed by atoms with E-state index in [-0.39, 0.29) is 35.1 Å². The van der Waals surface area contributed by atoms with Gasteiger partial charge in [-0.1, -0.05) is 18.2 Å². The molecular weight excluding hydrogens is 352 g/mol. The molecule has 1 saturated heterocycles. The summed E-state index contributed by atoms with van der Waals surface area (Å²) in [4.78, 5) is 15.0. The highest BCUT2D eigenvalue weighted by Crippen LogP contribution is 2.32. The molecule has 2 atom stereocenters. The highest BCUT2D eigenvalue weighted by Gasteiger charge is 2.40. The minimum absolute atomic E-state index is 0.0176. The predicted octanol–water partition coefficient (Wildman–Crippen LogP) is 1.37. The summed E-state index contributed by atoms with van der Waals surface area (Å²) in [7, 11) is -3.44. The van der Waals surface area contributed by atoms with Crippen molar-refractivity contribution in [3.63, 3.8) is 0 Å². The largest absolute Gasteiger partial charge is 0.334 e. The number of aryl methyl sites for hydroxylation is 1. The Morgan fingerprint density at radius 3 is 2.65 bits per heavy atom. The first-order valence-corrected chi connectivity index (χ1v) is 10.6. The number of rotatable bonds is 4. The lowest BCUT2D eigenvalue weighted by Gasteiger charge is -2.28. The predicted molar refractivity (Wildman–Crippen MR) is 95.2 cm³/mol. The van der Waals surface area contributed by atoms with E-state index < -0.39 is 9.84 Å². The number of aromatic nitrogens is 3. The summed E-state index contributed by atoms with van der Waals surface area (Å²) in [5.74, 6) is 1.56. The first-order valence-electron chi connectivity index (χ1n) is 8.93. The van der Waals surface area contributed by atoms with E-state index in [1.165, 1.54) is 0 Å². The molecule has 2 aliphatic rings. The molecule has 2 aliphatic heterocycles. The fraction of sp³-hybridized carbons (Fsp3) is 0.500. The molecule has 4 rings (SSSR count). The van der Waals surface area contributed by atoms with Crippen molar-refractivity contribution in [3.8, 4) is 0 Å². The third kappa shape index (κ3) is 3.02. The Morgan fingerprint density at radius 1 is 1.15 bits per heavy atom. The van der Waals surface area contributed by atoms with Gasteiger partial charge in [0.25, 0.3) is 0 Å². The van der Waals surface area contributed by atoms with Gasteiger partial charge in [-0.15, -0.1) is 10.2 Å². The summed E-state index contributed by atoms with van der Waals surface area (Å²) in [6.45, 7) is 2.62. The first kappa shape index (κ1) is 17.2. The van der Waals surface area contributed by atoms with Crippen LogP contribution in [-0.4, -0.2) is 51.8 Å². The molecule has 7 nitrogen and oxygen atoms in total. The fourth-order valence-electron chi connectivity index (χ4n) is 4.08. The third-order valence-corrected chi connectivity index (χ3v) is 7.15. The summed E-state index contributed by atoms with van der Waals surface area (Å²) < 4.78 is 27.0. The molecular formula is C18H22N4O3S. The maximum atomic E-state index is 12.9. The van der Waals surface area contributed by atoms with Crippen LogP contribution in [0.2, 0.25) is 0 Å². The number of carbonyl (C=O) groups excluding carboxylic acids is 1. The van der Waals surface area contributed by atoms with E-state index in [1.54, 1.807) is 30.3 Å². The Kier molecular flexibility index (Phi) is 4.30. The minimum Gasteiger partial charge on any atom is -0.334 e. The van der Waals surface area contributed by atoms with Crippen molar-refractivity contribution >= 4 is 15.7 Å². The van der Waals surface area contributed by atoms with Crippen molar-refractivity contribution in [3.05, 3.63) is 42.0 Å². The average Bonchev–Trinajstić information content (AvgIpc) is 3.12. The summed E-state index contributed by atoms with van der Waals surface area (Å²) in [6.07, 6.45) is 2.59. The number of amides is 1. The minimum atomic E-state index is -3.44. The second-order valence-electron chi connectivity index (χ2n) is 7.05. The maximum Gasteiger partial charge on any atom is 0.224 e. The van der Waals surface area contributed by atoms with Gasteiger partial charge in [0, 0.05) is 25.4 Å². The molecule has 0 spiro atoms. The Labute approximate surface area is 152 Å². The van der Waals surface area contributed by atoms with Gasteiger partial charge in [-0.05, 0) is 31.9 Å². The van der Waals surface area contributed by atoms with Gasteiger partial charge in [-0.2, -0.15) is 0 Å². The second kappa shape index (κ2) is 6.50. The second-order valence-corrected chi connectivity index (χ2v) is 9.16. The molecule has 1 aromatic heterocycles. The van der Waals surface area contributed by atoms with Crippen molar-refractivity contribution in [2.24, 2.45) is 0 Å². The highest BCUT2D eigenvalue weighted by molar-refractivity contribution is 7.91. The van der Waals surface area contributed by atoms with E-state index in [4.69, 9.17) is 0 Å². The molecule has 2 aromatic rings. The van der Waals surface area contributed by atoms with Gasteiger partial charge in [0.1, 0.15) is 11.6 Å². The molecule has 3 heterocycles. The monoisotopic (exact) mass is 374 g/mol. The van der Waals surface area contributed by atoms with Gasteiger partial charge in [0.2, 0.25) is 5.91 Å². The number of hydrogen-bond acceptors (Lipinski definition) is 5. The van der Waals surface area contributed by atoms with Gasteiger partial charge in [0.05, 0.1) is 16.7 Å². The number of fused-ring (bicyclic) bond motifs is 3. The number of sulfone groups is 1. The lowest BCUT2D eigenvalue weighted by molar-refractivity contribution is -0.133. The molecule has 26 heavy (non-hydrogen) atoms. The molecule has 2 unspecified atom stereocenters. The molecule has 8 heteroatoms. The topological polar surface area (TPSA) is 85.2 Å². The summed E-state index contributed by atoms with van der Waals surface area (Å²) in [6, 6.07) is 8.51. The van der Waals surface area contributed by atoms with E-state index >= 15 is 0 Å². The van der Waals surface area contributed by atoms with E-state index in [0.29, 0.717) is 13.0 Å². The SMILES string of the molecule is Cc1nnc2n1CC1CCC(C2)N1C(=O)CCS(=O)(=O)c1ccccc1. The first-order chi connectivity index (χ1) is 12.5. The quantitative estimate of drug-likeness (QED) is 0.807. The molecule has 0 N–H and O–H groups in total. The highest BCUT2D eigenvalue weighted by atomic mass is 32.2. The van der Waals surface area contributed by atoms with Crippen molar-refractivity contribution in [2.75, 3.05) is 5.75 Å². The van der Waals surface area contributed by atoms with Crippen LogP contribution in [0.5, 0.6) is 0 Å². The number of hydrogen-bond donors (Lipinski definition) is 0. The standard InChI is InChI=1S/C18H22N4O3S/c1-13-19-20-17-11-14-7-8-15(12-21(13)17)22(14)18(23)9-10-26(24,25)16-5-3-2-4-6-16/h2-6,14-15H,7-12H2,1H3. The Balaban J connectivity index is 1.48. The summed E-state index contributed by atoms with van der Waals surface area (Å²) in [5.41, 5.74) is 0. The van der Waals surface area contributed by atoms with E-state index in [1.807, 2.05) is 11.8 Å². The lowest BCUT2D eigenvalue weighted by Crippen LogP contribution is -2.42. The average molecular weight is 374 g/mol. The summed E-state index contributed by atoms with van der Waals surface area (Å²) in [5, 5.41) is 8.37. The van der Waals surface area contributed by atoms with Gasteiger partial charge in [-0.25, -0.2) is 8.42 Å². The van der Waals surface area contributed by atoms with Crippen LogP contribution < -0.4 is 0 Å². The molecule has 2 bridgehead atoms. The molecule has 0 aliphatic carbocycles. The zero-order valence-electron chi connectivity index (χ0n) is 14.7. The van der Waals surface area contributed by atoms with Gasteiger partial charge < -0.3 is 9.47 Å². The normalized spacial score (nSPS) is 22.1. The zero-order chi connectivity index (χ0) is 18.3. The van der Waals surface area contributed by atoms with Crippen LogP contribution in [0.4, 0.5) is 0 Å². The third-order valence-electron chi connectivity index (χ3n) is 5.42. The van der Waals surface area contributed by atoms with Crippen molar-refractivity contribution < 1.29 is 13.2 Å². The van der Waals surface area contributed by atoms with E-state index in [9.17, 15) is 13.2 Å². The van der Waals surface area contributed by atoms with Crippen molar-refractivity contribution in [1.29, 1.82) is 0 Å². The van der Waals surface area contributed by atoms with E-state index in [2.05, 4.69) is 14.8 Å². The molecule has 1 fully saturated rings. The number of carbonyl (C=O) groups is 1. The Morgan fingerprint density at radius 2 is 1.88 bits per heavy atom. The van der Waals surface area contributed by atoms with Crippen LogP contribution in [0.3, 0.4) is 0 Å². The van der Waals surface area contributed by atoms with Gasteiger partial charge in [-0.3, -0.25) is 4.79 Å². The number of nitrogens with zero attached hydrogens (tertiary/aromatic N) is 4. The van der Waals surface area contributed by atoms with Crippen LogP contribution in [0.1, 0.15) is 30.9 Å². The number of benzene rings is 1. The van der Waals surface area contributed by atoms with Crippen LogP contribution in [0, 0.1) is 6.92 Å². The van der Waals surface area contributed by atoms with Gasteiger partial charge >= 0.3 is 0 Å². The van der Waals surface area contributed by atoms with Crippen molar-refractivity contribution in [1.82, 2.24) is 19.7 Å². The smallest absolute Gasteiger partial charge is 0.224 e. The molecule has 0 radical (unpaired) electrons. The van der Waals surface area contributed by atoms with Crippen molar-refractivity contribution in [2.45, 2.75) is 56.1 Å². The van der Waals surface area contributed by atoms with Crippen LogP contribution in [0.15, 0.2) is 35.2 Å². The van der Waals surface area contributed by atoms with Crippen LogP contribution in [0.25, 0.3) is 0 Å². The van der Waals surface area contributed by atoms with Gasteiger partial charge in [0.15, 0.2) is 9.84 Å². The molecule has 1 amide bonds.